The fraction of sp³-hybridized carbons (Fsp3) is 0.870. The average molecular weight is 430 g/mol. The number of nitrogens with one attached hydrogen (secondary N) is 1. The summed E-state index contributed by atoms with van der Waals surface area (Å²) in [5.74, 6) is 0.257. The molecule has 0 rings (SSSR count). The first kappa shape index (κ1) is 28.0. The van der Waals surface area contributed by atoms with Crippen molar-refractivity contribution in [3.8, 4) is 0 Å². The number of amides is 1. The number of carbonyl (C=O) groups excluding carboxylic acids is 2. The van der Waals surface area contributed by atoms with Gasteiger partial charge in [0.15, 0.2) is 0 Å². The summed E-state index contributed by atoms with van der Waals surface area (Å²) in [6, 6.07) is 0. The highest BCUT2D eigenvalue weighted by Crippen LogP contribution is 2.17. The molecule has 170 valence electrons. The van der Waals surface area contributed by atoms with Crippen LogP contribution in [0.2, 0.25) is 0 Å². The van der Waals surface area contributed by atoms with Crippen LogP contribution in [-0.4, -0.2) is 40.8 Å². The number of hydrogen-bond donors (Lipinski definition) is 2. The van der Waals surface area contributed by atoms with E-state index in [0.29, 0.717) is 19.4 Å². The maximum Gasteiger partial charge on any atom is 0.303 e. The van der Waals surface area contributed by atoms with Gasteiger partial charge in [-0.3, -0.25) is 9.59 Å². The van der Waals surface area contributed by atoms with Crippen LogP contribution in [-0.2, 0) is 14.4 Å². The standard InChI is InChI=1S/C23H43NO4S/c1-2-17-24-22(26)19-21(20-25)29-18-15-13-11-9-7-5-3-4-6-8-10-12-14-16-23(27)28/h20-21H,2-19H2,1H3,(H,24,26)(H,27,28). The number of carbonyl (C=O) groups is 3. The molecule has 0 saturated heterocycles. The molecule has 0 aliphatic carbocycles. The first-order chi connectivity index (χ1) is 14.1. The molecule has 0 aliphatic heterocycles. The van der Waals surface area contributed by atoms with Crippen LogP contribution in [0.25, 0.3) is 0 Å². The summed E-state index contributed by atoms with van der Waals surface area (Å²) in [5.41, 5.74) is 0. The number of hydrogen-bond acceptors (Lipinski definition) is 4. The number of carboxylic acids is 1. The van der Waals surface area contributed by atoms with Gasteiger partial charge in [-0.2, -0.15) is 11.8 Å². The van der Waals surface area contributed by atoms with Crippen molar-refractivity contribution in [1.82, 2.24) is 5.32 Å². The van der Waals surface area contributed by atoms with E-state index in [2.05, 4.69) is 5.32 Å². The van der Waals surface area contributed by atoms with Gasteiger partial charge in [0.25, 0.3) is 0 Å². The molecule has 1 unspecified atom stereocenters. The number of carboxylic acid groups (broad SMARTS) is 1. The van der Waals surface area contributed by atoms with Crippen LogP contribution in [0.5, 0.6) is 0 Å². The van der Waals surface area contributed by atoms with E-state index in [9.17, 15) is 14.4 Å². The van der Waals surface area contributed by atoms with E-state index in [-0.39, 0.29) is 11.2 Å². The second-order valence-electron chi connectivity index (χ2n) is 7.84. The first-order valence-electron chi connectivity index (χ1n) is 11.7. The number of aliphatic carboxylic acids is 1. The van der Waals surface area contributed by atoms with Crippen LogP contribution >= 0.6 is 11.8 Å². The Bertz CT molecular complexity index is 418. The van der Waals surface area contributed by atoms with Crippen LogP contribution in [0.1, 0.15) is 110 Å². The van der Waals surface area contributed by atoms with E-state index in [1.807, 2.05) is 6.92 Å². The van der Waals surface area contributed by atoms with Crippen molar-refractivity contribution in [3.63, 3.8) is 0 Å². The maximum absolute atomic E-state index is 11.7. The number of aldehydes is 1. The number of rotatable bonds is 22. The SMILES string of the molecule is CCCNC(=O)CC(C=O)SCCCCCCCCCCCCCCCC(=O)O. The highest BCUT2D eigenvalue weighted by atomic mass is 32.2. The third-order valence-electron chi connectivity index (χ3n) is 4.98. The van der Waals surface area contributed by atoms with Crippen molar-refractivity contribution in [2.75, 3.05) is 12.3 Å². The average Bonchev–Trinajstić information content (AvgIpc) is 2.70. The van der Waals surface area contributed by atoms with Crippen molar-refractivity contribution < 1.29 is 19.5 Å². The van der Waals surface area contributed by atoms with Crippen molar-refractivity contribution in [1.29, 1.82) is 0 Å². The minimum Gasteiger partial charge on any atom is -0.481 e. The van der Waals surface area contributed by atoms with Gasteiger partial charge in [0.1, 0.15) is 6.29 Å². The fourth-order valence-corrected chi connectivity index (χ4v) is 4.24. The quantitative estimate of drug-likeness (QED) is 0.169. The molecule has 0 saturated carbocycles. The van der Waals surface area contributed by atoms with Gasteiger partial charge in [0.2, 0.25) is 5.91 Å². The largest absolute Gasteiger partial charge is 0.481 e. The van der Waals surface area contributed by atoms with Gasteiger partial charge in [-0.15, -0.1) is 0 Å². The molecule has 1 atom stereocenters. The summed E-state index contributed by atoms with van der Waals surface area (Å²) in [6.07, 6.45) is 18.1. The summed E-state index contributed by atoms with van der Waals surface area (Å²) in [6.45, 7) is 2.70. The van der Waals surface area contributed by atoms with E-state index in [0.717, 1.165) is 37.7 Å². The minimum atomic E-state index is -0.680. The lowest BCUT2D eigenvalue weighted by Gasteiger charge is -2.10. The second kappa shape index (κ2) is 21.7. The molecule has 29 heavy (non-hydrogen) atoms. The Morgan fingerprint density at radius 3 is 1.79 bits per heavy atom. The predicted octanol–water partition coefficient (Wildman–Crippen LogP) is 5.75. The zero-order valence-electron chi connectivity index (χ0n) is 18.5. The van der Waals surface area contributed by atoms with Crippen molar-refractivity contribution in [2.45, 2.75) is 115 Å². The molecular formula is C23H43NO4S. The lowest BCUT2D eigenvalue weighted by atomic mass is 10.0. The summed E-state index contributed by atoms with van der Waals surface area (Å²) in [7, 11) is 0. The summed E-state index contributed by atoms with van der Waals surface area (Å²) in [4.78, 5) is 33.2. The van der Waals surface area contributed by atoms with Crippen molar-refractivity contribution in [2.24, 2.45) is 0 Å². The van der Waals surface area contributed by atoms with Gasteiger partial charge < -0.3 is 15.2 Å². The van der Waals surface area contributed by atoms with Gasteiger partial charge in [-0.05, 0) is 25.0 Å². The molecule has 0 spiro atoms. The molecular weight excluding hydrogens is 386 g/mol. The minimum absolute atomic E-state index is 0.0189. The van der Waals surface area contributed by atoms with Gasteiger partial charge in [-0.25, -0.2) is 0 Å². The summed E-state index contributed by atoms with van der Waals surface area (Å²) >= 11 is 1.61. The highest BCUT2D eigenvalue weighted by Gasteiger charge is 2.12. The van der Waals surface area contributed by atoms with Crippen LogP contribution < -0.4 is 5.32 Å². The Labute approximate surface area is 182 Å². The molecule has 2 N–H and O–H groups in total. The topological polar surface area (TPSA) is 83.5 Å². The Kier molecular flexibility index (Phi) is 20.9. The van der Waals surface area contributed by atoms with Crippen LogP contribution in [0.15, 0.2) is 0 Å². The molecule has 5 nitrogen and oxygen atoms in total. The van der Waals surface area contributed by atoms with Crippen LogP contribution in [0.3, 0.4) is 0 Å². The molecule has 0 aromatic rings. The lowest BCUT2D eigenvalue weighted by molar-refractivity contribution is -0.137. The van der Waals surface area contributed by atoms with Crippen LogP contribution in [0, 0.1) is 0 Å². The monoisotopic (exact) mass is 429 g/mol. The molecule has 0 aromatic heterocycles. The third-order valence-corrected chi connectivity index (χ3v) is 6.21. The molecule has 1 amide bonds. The van der Waals surface area contributed by atoms with Crippen molar-refractivity contribution in [3.05, 3.63) is 0 Å². The first-order valence-corrected chi connectivity index (χ1v) is 12.7. The van der Waals surface area contributed by atoms with Gasteiger partial charge >= 0.3 is 5.97 Å². The normalized spacial score (nSPS) is 11.9. The third kappa shape index (κ3) is 21.5. The van der Waals surface area contributed by atoms with Crippen molar-refractivity contribution >= 4 is 29.9 Å². The number of unbranched alkanes of at least 4 members (excludes halogenated alkanes) is 12. The van der Waals surface area contributed by atoms with Gasteiger partial charge in [0.05, 0.1) is 5.25 Å². The molecule has 6 heteroatoms. The zero-order chi connectivity index (χ0) is 21.6. The van der Waals surface area contributed by atoms with E-state index in [4.69, 9.17) is 5.11 Å². The fourth-order valence-electron chi connectivity index (χ4n) is 3.22. The second-order valence-corrected chi connectivity index (χ2v) is 9.19. The lowest BCUT2D eigenvalue weighted by Crippen LogP contribution is -2.27. The molecule has 0 radical (unpaired) electrons. The Balaban J connectivity index is 3.31. The van der Waals surface area contributed by atoms with Gasteiger partial charge in [-0.1, -0.05) is 77.6 Å². The molecule has 0 heterocycles. The summed E-state index contributed by atoms with van der Waals surface area (Å²) in [5, 5.41) is 11.2. The highest BCUT2D eigenvalue weighted by molar-refractivity contribution is 8.00. The Morgan fingerprint density at radius 2 is 1.34 bits per heavy atom. The maximum atomic E-state index is 11.7. The Morgan fingerprint density at radius 1 is 0.862 bits per heavy atom. The molecule has 0 bridgehead atoms. The van der Waals surface area contributed by atoms with E-state index < -0.39 is 5.97 Å². The molecule has 0 aromatic carbocycles. The zero-order valence-corrected chi connectivity index (χ0v) is 19.3. The Hall–Kier alpha value is -1.04. The van der Waals surface area contributed by atoms with E-state index in [1.165, 1.54) is 64.2 Å². The predicted molar refractivity (Wildman–Crippen MR) is 123 cm³/mol. The van der Waals surface area contributed by atoms with Crippen LogP contribution in [0.4, 0.5) is 0 Å². The molecule has 0 aliphatic rings. The number of thioether (sulfide) groups is 1. The van der Waals surface area contributed by atoms with Gasteiger partial charge in [0, 0.05) is 19.4 Å². The van der Waals surface area contributed by atoms with E-state index in [1.54, 1.807) is 11.8 Å². The molecule has 0 fully saturated rings. The summed E-state index contributed by atoms with van der Waals surface area (Å²) < 4.78 is 0. The van der Waals surface area contributed by atoms with E-state index >= 15 is 0 Å². The smallest absolute Gasteiger partial charge is 0.303 e.